The summed E-state index contributed by atoms with van der Waals surface area (Å²) < 4.78 is 10.9. The van der Waals surface area contributed by atoms with E-state index in [-0.39, 0.29) is 18.5 Å². The summed E-state index contributed by atoms with van der Waals surface area (Å²) in [7, 11) is 0. The first kappa shape index (κ1) is 23.8. The van der Waals surface area contributed by atoms with E-state index in [9.17, 15) is 9.59 Å². The molecule has 0 radical (unpaired) electrons. The van der Waals surface area contributed by atoms with Gasteiger partial charge in [0.25, 0.3) is 5.91 Å². The highest BCUT2D eigenvalue weighted by molar-refractivity contribution is 5.95. The van der Waals surface area contributed by atoms with Gasteiger partial charge >= 0.3 is 6.03 Å². The third-order valence-corrected chi connectivity index (χ3v) is 7.00. The summed E-state index contributed by atoms with van der Waals surface area (Å²) in [6.45, 7) is 11.2. The number of nitrogens with zero attached hydrogens (tertiary/aromatic N) is 3. The van der Waals surface area contributed by atoms with Crippen molar-refractivity contribution in [1.29, 1.82) is 0 Å². The number of carbonyl (C=O) groups excluding carboxylic acids is 2. The van der Waals surface area contributed by atoms with Gasteiger partial charge in [-0.25, -0.2) is 4.79 Å². The molecule has 182 valence electrons. The predicted octanol–water partition coefficient (Wildman–Crippen LogP) is 2.82. The molecule has 2 saturated heterocycles. The summed E-state index contributed by atoms with van der Waals surface area (Å²) in [6, 6.07) is 6.69. The Balaban J connectivity index is 1.29. The molecular weight excluding hydrogens is 420 g/mol. The largest absolute Gasteiger partial charge is 0.482 e. The number of hydrogen-bond donors (Lipinski definition) is 1. The van der Waals surface area contributed by atoms with E-state index >= 15 is 0 Å². The number of hydrogen-bond acceptors (Lipinski definition) is 5. The van der Waals surface area contributed by atoms with Gasteiger partial charge in [0.1, 0.15) is 5.75 Å². The van der Waals surface area contributed by atoms with E-state index < -0.39 is 0 Å². The van der Waals surface area contributed by atoms with Crippen LogP contribution in [0.3, 0.4) is 0 Å². The standard InChI is InChI=1S/C25H38N4O4/c1-3-8-29(19(2)15-21-4-5-23-22(16-21)26-24(30)18-33-23)17-20-6-9-27(10-7-20)25(31)28-11-13-32-14-12-28/h4-5,16,19-20H,3,6-15,17-18H2,1-2H3,(H,26,30). The Bertz CT molecular complexity index is 819. The minimum absolute atomic E-state index is 0.0872. The summed E-state index contributed by atoms with van der Waals surface area (Å²) >= 11 is 0. The molecule has 3 heterocycles. The smallest absolute Gasteiger partial charge is 0.320 e. The molecule has 8 heteroatoms. The van der Waals surface area contributed by atoms with Crippen molar-refractivity contribution >= 4 is 17.6 Å². The Morgan fingerprint density at radius 1 is 1.18 bits per heavy atom. The topological polar surface area (TPSA) is 74.4 Å². The Kier molecular flexibility index (Phi) is 8.09. The van der Waals surface area contributed by atoms with Gasteiger partial charge in [-0.3, -0.25) is 4.79 Å². The maximum atomic E-state index is 12.8. The predicted molar refractivity (Wildman–Crippen MR) is 128 cm³/mol. The van der Waals surface area contributed by atoms with Crippen molar-refractivity contribution in [2.45, 2.75) is 45.6 Å². The highest BCUT2D eigenvalue weighted by Crippen LogP contribution is 2.29. The Labute approximate surface area is 197 Å². The number of urea groups is 1. The Morgan fingerprint density at radius 3 is 2.64 bits per heavy atom. The van der Waals surface area contributed by atoms with Crippen LogP contribution in [0.4, 0.5) is 10.5 Å². The first-order chi connectivity index (χ1) is 16.0. The fraction of sp³-hybridized carbons (Fsp3) is 0.680. The van der Waals surface area contributed by atoms with Gasteiger partial charge < -0.3 is 29.5 Å². The number of likely N-dealkylation sites (tertiary alicyclic amines) is 1. The molecule has 3 aliphatic rings. The normalized spacial score (nSPS) is 20.3. The second kappa shape index (κ2) is 11.2. The number of nitrogens with one attached hydrogen (secondary N) is 1. The van der Waals surface area contributed by atoms with Crippen LogP contribution in [0.1, 0.15) is 38.7 Å². The van der Waals surface area contributed by atoms with Crippen LogP contribution in [0.5, 0.6) is 5.75 Å². The lowest BCUT2D eigenvalue weighted by molar-refractivity contribution is -0.118. The summed E-state index contributed by atoms with van der Waals surface area (Å²) in [4.78, 5) is 31.0. The SMILES string of the molecule is CCCN(CC1CCN(C(=O)N2CCOCC2)CC1)C(C)Cc1ccc2c(c1)NC(=O)CO2. The molecule has 0 aromatic heterocycles. The zero-order valence-electron chi connectivity index (χ0n) is 20.1. The van der Waals surface area contributed by atoms with Crippen LogP contribution < -0.4 is 10.1 Å². The number of rotatable bonds is 7. The van der Waals surface area contributed by atoms with E-state index in [1.807, 2.05) is 21.9 Å². The third-order valence-electron chi connectivity index (χ3n) is 7.00. The van der Waals surface area contributed by atoms with Crippen LogP contribution in [0.15, 0.2) is 18.2 Å². The minimum Gasteiger partial charge on any atom is -0.482 e. The maximum absolute atomic E-state index is 12.8. The first-order valence-electron chi connectivity index (χ1n) is 12.4. The molecule has 0 spiro atoms. The summed E-state index contributed by atoms with van der Waals surface area (Å²) in [5.74, 6) is 1.26. The summed E-state index contributed by atoms with van der Waals surface area (Å²) in [6.07, 6.45) is 4.17. The number of amides is 3. The molecule has 3 amide bonds. The molecule has 1 unspecified atom stereocenters. The van der Waals surface area contributed by atoms with Crippen molar-refractivity contribution in [3.05, 3.63) is 23.8 Å². The monoisotopic (exact) mass is 458 g/mol. The molecule has 33 heavy (non-hydrogen) atoms. The van der Waals surface area contributed by atoms with Crippen molar-refractivity contribution in [3.63, 3.8) is 0 Å². The lowest BCUT2D eigenvalue weighted by Gasteiger charge is -2.39. The number of benzene rings is 1. The van der Waals surface area contributed by atoms with Crippen molar-refractivity contribution in [3.8, 4) is 5.75 Å². The van der Waals surface area contributed by atoms with Crippen LogP contribution in [0.2, 0.25) is 0 Å². The second-order valence-corrected chi connectivity index (χ2v) is 9.53. The van der Waals surface area contributed by atoms with Gasteiger partial charge in [-0.05, 0) is 62.8 Å². The number of fused-ring (bicyclic) bond motifs is 1. The quantitative estimate of drug-likeness (QED) is 0.680. The fourth-order valence-corrected chi connectivity index (χ4v) is 5.10. The van der Waals surface area contributed by atoms with E-state index in [0.29, 0.717) is 38.3 Å². The van der Waals surface area contributed by atoms with Gasteiger partial charge in [0, 0.05) is 38.8 Å². The zero-order chi connectivity index (χ0) is 23.2. The lowest BCUT2D eigenvalue weighted by Crippen LogP contribution is -2.51. The van der Waals surface area contributed by atoms with Crippen LogP contribution in [0, 0.1) is 5.92 Å². The molecule has 2 fully saturated rings. The number of morpholine rings is 1. The van der Waals surface area contributed by atoms with Crippen molar-refractivity contribution < 1.29 is 19.1 Å². The van der Waals surface area contributed by atoms with Crippen LogP contribution in [-0.4, -0.2) is 91.8 Å². The molecule has 0 aliphatic carbocycles. The van der Waals surface area contributed by atoms with Crippen LogP contribution in [-0.2, 0) is 16.0 Å². The number of ether oxygens (including phenoxy) is 2. The molecule has 0 bridgehead atoms. The Hall–Kier alpha value is -2.32. The van der Waals surface area contributed by atoms with E-state index in [0.717, 1.165) is 63.3 Å². The Morgan fingerprint density at radius 2 is 1.91 bits per heavy atom. The van der Waals surface area contributed by atoms with Gasteiger partial charge in [0.15, 0.2) is 6.61 Å². The minimum atomic E-state index is -0.0984. The fourth-order valence-electron chi connectivity index (χ4n) is 5.10. The molecule has 3 aliphatic heterocycles. The lowest BCUT2D eigenvalue weighted by atomic mass is 9.95. The van der Waals surface area contributed by atoms with Gasteiger partial charge in [0.05, 0.1) is 18.9 Å². The van der Waals surface area contributed by atoms with Gasteiger partial charge in [-0.1, -0.05) is 13.0 Å². The van der Waals surface area contributed by atoms with Crippen LogP contribution in [0.25, 0.3) is 0 Å². The molecule has 1 aromatic rings. The highest BCUT2D eigenvalue weighted by Gasteiger charge is 2.29. The molecule has 0 saturated carbocycles. The number of anilines is 1. The number of piperidine rings is 1. The summed E-state index contributed by atoms with van der Waals surface area (Å²) in [5, 5.41) is 2.91. The molecule has 1 atom stereocenters. The van der Waals surface area contributed by atoms with E-state index in [1.54, 1.807) is 0 Å². The van der Waals surface area contributed by atoms with Crippen LogP contribution >= 0.6 is 0 Å². The molecular formula is C25H38N4O4. The average molecular weight is 459 g/mol. The average Bonchev–Trinajstić information content (AvgIpc) is 2.84. The molecule has 8 nitrogen and oxygen atoms in total. The van der Waals surface area contributed by atoms with E-state index in [4.69, 9.17) is 9.47 Å². The van der Waals surface area contributed by atoms with Gasteiger partial charge in [0.2, 0.25) is 0 Å². The van der Waals surface area contributed by atoms with Gasteiger partial charge in [-0.2, -0.15) is 0 Å². The van der Waals surface area contributed by atoms with E-state index in [1.165, 1.54) is 5.56 Å². The second-order valence-electron chi connectivity index (χ2n) is 9.53. The first-order valence-corrected chi connectivity index (χ1v) is 12.4. The van der Waals surface area contributed by atoms with Crippen molar-refractivity contribution in [2.24, 2.45) is 5.92 Å². The molecule has 4 rings (SSSR count). The molecule has 1 aromatic carbocycles. The number of carbonyl (C=O) groups is 2. The maximum Gasteiger partial charge on any atom is 0.320 e. The van der Waals surface area contributed by atoms with Crippen molar-refractivity contribution in [1.82, 2.24) is 14.7 Å². The van der Waals surface area contributed by atoms with E-state index in [2.05, 4.69) is 30.1 Å². The summed E-state index contributed by atoms with van der Waals surface area (Å²) in [5.41, 5.74) is 1.98. The zero-order valence-corrected chi connectivity index (χ0v) is 20.1. The highest BCUT2D eigenvalue weighted by atomic mass is 16.5. The van der Waals surface area contributed by atoms with Crippen molar-refractivity contribution in [2.75, 3.05) is 64.4 Å². The molecule has 1 N–H and O–H groups in total. The third kappa shape index (κ3) is 6.18. The van der Waals surface area contributed by atoms with Gasteiger partial charge in [-0.15, -0.1) is 0 Å².